The van der Waals surface area contributed by atoms with Crippen LogP contribution in [0.4, 0.5) is 5.13 Å². The van der Waals surface area contributed by atoms with Crippen LogP contribution in [0.2, 0.25) is 0 Å². The quantitative estimate of drug-likeness (QED) is 0.609. The lowest BCUT2D eigenvalue weighted by Crippen LogP contribution is -2.49. The molecule has 3 heterocycles. The minimum atomic E-state index is -0.829. The molecule has 4 rings (SSSR count). The highest BCUT2D eigenvalue weighted by Crippen LogP contribution is 2.41. The molecule has 1 aliphatic heterocycles. The van der Waals surface area contributed by atoms with E-state index in [4.69, 9.17) is 4.42 Å². The number of hydrogen-bond acceptors (Lipinski definition) is 6. The number of rotatable bonds is 6. The number of nitrogens with zero attached hydrogens (tertiary/aromatic N) is 2. The van der Waals surface area contributed by atoms with Crippen LogP contribution in [-0.2, 0) is 4.79 Å². The average Bonchev–Trinajstić information content (AvgIpc) is 3.52. The zero-order valence-corrected chi connectivity index (χ0v) is 17.4. The van der Waals surface area contributed by atoms with Crippen molar-refractivity contribution in [2.75, 3.05) is 11.4 Å². The van der Waals surface area contributed by atoms with E-state index in [2.05, 4.69) is 17.6 Å². The van der Waals surface area contributed by atoms with E-state index in [1.807, 2.05) is 6.07 Å². The summed E-state index contributed by atoms with van der Waals surface area (Å²) < 4.78 is 5.14. The van der Waals surface area contributed by atoms with E-state index in [0.29, 0.717) is 10.7 Å². The van der Waals surface area contributed by atoms with Gasteiger partial charge in [0.2, 0.25) is 11.7 Å². The number of carbonyl (C=O) groups excluding carboxylic acids is 2. The van der Waals surface area contributed by atoms with Crippen molar-refractivity contribution in [2.24, 2.45) is 0 Å². The Labute approximate surface area is 178 Å². The highest BCUT2D eigenvalue weighted by Gasteiger charge is 2.42. The summed E-state index contributed by atoms with van der Waals surface area (Å²) in [7, 11) is 0. The number of anilines is 1. The average molecular weight is 426 g/mol. The maximum Gasteiger partial charge on any atom is 0.246 e. The van der Waals surface area contributed by atoms with E-state index < -0.39 is 23.5 Å². The molecule has 7 nitrogen and oxygen atoms in total. The van der Waals surface area contributed by atoms with Crippen molar-refractivity contribution in [3.8, 4) is 0 Å². The third kappa shape index (κ3) is 4.34. The molecular formula is C22H23N3O4S. The summed E-state index contributed by atoms with van der Waals surface area (Å²) in [6.07, 6.45) is 5.46. The van der Waals surface area contributed by atoms with Gasteiger partial charge in [-0.15, -0.1) is 11.3 Å². The molecule has 0 spiro atoms. The van der Waals surface area contributed by atoms with Crippen LogP contribution in [0, 0.1) is 0 Å². The second-order valence-corrected chi connectivity index (χ2v) is 7.43. The number of furan rings is 1. The van der Waals surface area contributed by atoms with Crippen molar-refractivity contribution in [3.05, 3.63) is 83.0 Å². The van der Waals surface area contributed by atoms with Crippen molar-refractivity contribution in [1.82, 2.24) is 4.98 Å². The Bertz CT molecular complexity index is 996. The Balaban J connectivity index is 0.000000461. The lowest BCUT2D eigenvalue weighted by atomic mass is 9.95. The Morgan fingerprint density at radius 2 is 2.03 bits per heavy atom. The molecule has 0 radical (unpaired) electrons. The monoisotopic (exact) mass is 425 g/mol. The zero-order chi connectivity index (χ0) is 21.5. The van der Waals surface area contributed by atoms with Gasteiger partial charge in [0.05, 0.1) is 18.8 Å². The molecule has 1 atom stereocenters. The van der Waals surface area contributed by atoms with Crippen molar-refractivity contribution < 1.29 is 24.8 Å². The number of quaternary nitrogens is 1. The van der Waals surface area contributed by atoms with Crippen molar-refractivity contribution in [1.29, 1.82) is 0 Å². The zero-order valence-electron chi connectivity index (χ0n) is 16.6. The number of Topliss-reactive ketones (excluding diaryl/α,β-unsaturated/α-hetero) is 1. The molecule has 1 aromatic carbocycles. The standard InChI is InChI=1S/C18H12N2O4S.C4H11N/c21-15(12-7-4-9-24-12)13-14(11-5-2-1-3-6-11)20(17(23)16(13)22)18-19-8-10-25-18;1-2-3-4-5/h1-10,14,22H;2-5H2,1H3. The number of carbonyl (C=O) groups is 2. The molecule has 30 heavy (non-hydrogen) atoms. The van der Waals surface area contributed by atoms with E-state index in [9.17, 15) is 14.7 Å². The normalized spacial score (nSPS) is 15.9. The van der Waals surface area contributed by atoms with E-state index in [1.54, 1.807) is 41.9 Å². The molecule has 0 aliphatic carbocycles. The summed E-state index contributed by atoms with van der Waals surface area (Å²) in [6, 6.07) is 11.1. The second kappa shape index (κ2) is 10.00. The van der Waals surface area contributed by atoms with Crippen LogP contribution in [0.5, 0.6) is 0 Å². The van der Waals surface area contributed by atoms with Gasteiger partial charge in [0.25, 0.3) is 0 Å². The number of hydrogen-bond donors (Lipinski definition) is 1. The predicted octanol–water partition coefficient (Wildman–Crippen LogP) is 2.35. The van der Waals surface area contributed by atoms with Crippen molar-refractivity contribution >= 4 is 28.2 Å². The highest BCUT2D eigenvalue weighted by molar-refractivity contribution is 7.13. The number of ketones is 1. The minimum Gasteiger partial charge on any atom is -0.868 e. The van der Waals surface area contributed by atoms with Crippen LogP contribution < -0.4 is 15.7 Å². The third-order valence-electron chi connectivity index (χ3n) is 4.52. The van der Waals surface area contributed by atoms with Gasteiger partial charge in [-0.3, -0.25) is 14.5 Å². The molecule has 3 aromatic rings. The van der Waals surface area contributed by atoms with Gasteiger partial charge in [-0.2, -0.15) is 0 Å². The van der Waals surface area contributed by atoms with E-state index >= 15 is 0 Å². The summed E-state index contributed by atoms with van der Waals surface area (Å²) in [5.74, 6) is -2.15. The second-order valence-electron chi connectivity index (χ2n) is 6.56. The Kier molecular flexibility index (Phi) is 7.16. The molecule has 1 aliphatic rings. The first-order chi connectivity index (χ1) is 14.6. The SMILES string of the molecule is CCCC[NH3+].O=C(C1=C([O-])C(=O)N(c2nccs2)C1c1ccccc1)c1ccco1. The molecule has 3 N–H and O–H groups in total. The van der Waals surface area contributed by atoms with Gasteiger partial charge in [0.1, 0.15) is 0 Å². The molecular weight excluding hydrogens is 402 g/mol. The summed E-state index contributed by atoms with van der Waals surface area (Å²) in [6.45, 7) is 3.27. The van der Waals surface area contributed by atoms with Gasteiger partial charge in [-0.25, -0.2) is 4.98 Å². The summed E-state index contributed by atoms with van der Waals surface area (Å²) in [4.78, 5) is 30.8. The van der Waals surface area contributed by atoms with Gasteiger partial charge in [-0.1, -0.05) is 43.7 Å². The first-order valence-corrected chi connectivity index (χ1v) is 10.5. The molecule has 1 unspecified atom stereocenters. The van der Waals surface area contributed by atoms with Gasteiger partial charge < -0.3 is 15.3 Å². The fraction of sp³-hybridized carbons (Fsp3) is 0.227. The molecule has 1 amide bonds. The highest BCUT2D eigenvalue weighted by atomic mass is 32.1. The van der Waals surface area contributed by atoms with Crippen LogP contribution in [0.15, 0.2) is 76.1 Å². The van der Waals surface area contributed by atoms with E-state index in [-0.39, 0.29) is 11.3 Å². The number of aromatic nitrogens is 1. The largest absolute Gasteiger partial charge is 0.868 e. The van der Waals surface area contributed by atoms with Crippen LogP contribution >= 0.6 is 11.3 Å². The number of amides is 1. The topological polar surface area (TPSA) is 114 Å². The summed E-state index contributed by atoms with van der Waals surface area (Å²) in [5, 5.41) is 14.7. The maximum absolute atomic E-state index is 12.8. The lowest BCUT2D eigenvalue weighted by Gasteiger charge is -2.25. The van der Waals surface area contributed by atoms with Crippen molar-refractivity contribution in [2.45, 2.75) is 25.8 Å². The number of benzene rings is 1. The predicted molar refractivity (Wildman–Crippen MR) is 112 cm³/mol. The summed E-state index contributed by atoms with van der Waals surface area (Å²) >= 11 is 1.23. The Hall–Kier alpha value is -3.23. The maximum atomic E-state index is 12.8. The molecule has 0 saturated heterocycles. The third-order valence-corrected chi connectivity index (χ3v) is 5.29. The fourth-order valence-electron chi connectivity index (χ4n) is 3.10. The van der Waals surface area contributed by atoms with E-state index in [0.717, 1.165) is 6.54 Å². The smallest absolute Gasteiger partial charge is 0.246 e. The molecule has 8 heteroatoms. The first-order valence-electron chi connectivity index (χ1n) is 9.66. The van der Waals surface area contributed by atoms with E-state index in [1.165, 1.54) is 41.4 Å². The molecule has 0 bridgehead atoms. The van der Waals surface area contributed by atoms with Crippen LogP contribution in [0.25, 0.3) is 0 Å². The molecule has 0 saturated carbocycles. The fourth-order valence-corrected chi connectivity index (χ4v) is 3.76. The summed E-state index contributed by atoms with van der Waals surface area (Å²) in [5.41, 5.74) is 4.21. The van der Waals surface area contributed by atoms with Crippen LogP contribution in [-0.4, -0.2) is 23.2 Å². The van der Waals surface area contributed by atoms with Gasteiger partial charge in [-0.05, 0) is 29.9 Å². The van der Waals surface area contributed by atoms with Gasteiger partial charge in [0, 0.05) is 17.2 Å². The van der Waals surface area contributed by atoms with Gasteiger partial charge in [0.15, 0.2) is 10.9 Å². The molecule has 156 valence electrons. The number of unbranched alkanes of at least 4 members (excludes halogenated alkanes) is 1. The minimum absolute atomic E-state index is 0.0260. The van der Waals surface area contributed by atoms with Crippen LogP contribution in [0.3, 0.4) is 0 Å². The Morgan fingerprint density at radius 1 is 1.27 bits per heavy atom. The number of thiazole rings is 1. The lowest BCUT2D eigenvalue weighted by molar-refractivity contribution is -0.368. The molecule has 0 fully saturated rings. The van der Waals surface area contributed by atoms with Gasteiger partial charge >= 0.3 is 0 Å². The molecule has 2 aromatic heterocycles. The Morgan fingerprint density at radius 3 is 2.57 bits per heavy atom. The van der Waals surface area contributed by atoms with Crippen molar-refractivity contribution in [3.63, 3.8) is 0 Å². The van der Waals surface area contributed by atoms with Crippen LogP contribution in [0.1, 0.15) is 41.9 Å². The first kappa shape index (κ1) is 21.5.